The van der Waals surface area contributed by atoms with E-state index in [0.717, 1.165) is 32.6 Å². The van der Waals surface area contributed by atoms with Crippen molar-refractivity contribution >= 4 is 27.7 Å². The Labute approximate surface area is 152 Å². The Bertz CT molecular complexity index is 908. The lowest BCUT2D eigenvalue weighted by Gasteiger charge is -2.23. The highest BCUT2D eigenvalue weighted by atomic mass is 32.1. The third-order valence-electron chi connectivity index (χ3n) is 4.02. The zero-order valence-corrected chi connectivity index (χ0v) is 14.8. The predicted octanol–water partition coefficient (Wildman–Crippen LogP) is 6.59. The molecule has 0 bridgehead atoms. The van der Waals surface area contributed by atoms with Gasteiger partial charge in [-0.05, 0) is 31.2 Å². The first-order valence-electron chi connectivity index (χ1n) is 8.26. The molecule has 0 N–H and O–H groups in total. The third kappa shape index (κ3) is 3.19. The molecule has 0 spiro atoms. The molecule has 0 unspecified atom stereocenters. The zero-order chi connectivity index (χ0) is 17.1. The summed E-state index contributed by atoms with van der Waals surface area (Å²) in [6.07, 6.45) is 0. The van der Waals surface area contributed by atoms with E-state index in [4.69, 9.17) is 4.98 Å². The summed E-state index contributed by atoms with van der Waals surface area (Å²) in [7, 11) is 0. The average molecular weight is 342 g/mol. The van der Waals surface area contributed by atoms with Crippen LogP contribution in [-0.2, 0) is 0 Å². The molecule has 0 radical (unpaired) electrons. The lowest BCUT2D eigenvalue weighted by Crippen LogP contribution is -2.09. The van der Waals surface area contributed by atoms with Crippen LogP contribution in [0, 0.1) is 6.92 Å². The van der Waals surface area contributed by atoms with Crippen LogP contribution in [0.25, 0.3) is 10.6 Å². The summed E-state index contributed by atoms with van der Waals surface area (Å²) in [5.41, 5.74) is 4.47. The molecular formula is C22H18N2S. The van der Waals surface area contributed by atoms with E-state index in [1.165, 1.54) is 0 Å². The third-order valence-corrected chi connectivity index (χ3v) is 5.22. The van der Waals surface area contributed by atoms with Crippen LogP contribution in [0.3, 0.4) is 0 Å². The summed E-state index contributed by atoms with van der Waals surface area (Å²) >= 11 is 1.73. The highest BCUT2D eigenvalue weighted by molar-refractivity contribution is 7.19. The second-order valence-corrected chi connectivity index (χ2v) is 6.76. The quantitative estimate of drug-likeness (QED) is 0.416. The number of nitrogens with zero attached hydrogens (tertiary/aromatic N) is 2. The summed E-state index contributed by atoms with van der Waals surface area (Å²) in [5, 5.41) is 2.20. The van der Waals surface area contributed by atoms with Crippen LogP contribution in [0.4, 0.5) is 16.4 Å². The Hall–Kier alpha value is -2.91. The minimum atomic E-state index is 1.04. The molecular weight excluding hydrogens is 324 g/mol. The van der Waals surface area contributed by atoms with Gasteiger partial charge in [-0.25, -0.2) is 4.98 Å². The minimum absolute atomic E-state index is 1.04. The molecule has 1 aromatic heterocycles. The number of aromatic nitrogens is 1. The number of thiazole rings is 1. The van der Waals surface area contributed by atoms with Crippen molar-refractivity contribution in [3.63, 3.8) is 0 Å². The summed E-state index contributed by atoms with van der Waals surface area (Å²) in [4.78, 5) is 7.11. The van der Waals surface area contributed by atoms with Crippen molar-refractivity contribution in [2.75, 3.05) is 4.90 Å². The van der Waals surface area contributed by atoms with Crippen molar-refractivity contribution in [2.45, 2.75) is 6.92 Å². The molecule has 3 heteroatoms. The maximum Gasteiger partial charge on any atom is 0.125 e. The maximum atomic E-state index is 4.83. The van der Waals surface area contributed by atoms with Gasteiger partial charge in [-0.2, -0.15) is 0 Å². The van der Waals surface area contributed by atoms with Crippen molar-refractivity contribution in [3.8, 4) is 10.6 Å². The number of benzene rings is 3. The maximum absolute atomic E-state index is 4.83. The Morgan fingerprint density at radius 3 is 1.68 bits per heavy atom. The Morgan fingerprint density at radius 2 is 1.16 bits per heavy atom. The van der Waals surface area contributed by atoms with Crippen molar-refractivity contribution in [1.29, 1.82) is 0 Å². The molecule has 2 nitrogen and oxygen atoms in total. The van der Waals surface area contributed by atoms with E-state index in [1.807, 2.05) is 18.2 Å². The van der Waals surface area contributed by atoms with Gasteiger partial charge in [-0.3, -0.25) is 0 Å². The largest absolute Gasteiger partial charge is 0.300 e. The number of anilines is 3. The summed E-state index contributed by atoms with van der Waals surface area (Å²) < 4.78 is 0. The zero-order valence-electron chi connectivity index (χ0n) is 14.0. The van der Waals surface area contributed by atoms with Gasteiger partial charge >= 0.3 is 0 Å². The Balaban J connectivity index is 1.85. The number of hydrogen-bond donors (Lipinski definition) is 0. The van der Waals surface area contributed by atoms with E-state index in [2.05, 4.69) is 84.6 Å². The smallest absolute Gasteiger partial charge is 0.125 e. The van der Waals surface area contributed by atoms with Gasteiger partial charge in [0.05, 0.1) is 5.69 Å². The molecule has 4 aromatic rings. The number of rotatable bonds is 4. The molecule has 0 atom stereocenters. The second-order valence-electron chi connectivity index (χ2n) is 5.78. The van der Waals surface area contributed by atoms with Gasteiger partial charge < -0.3 is 4.90 Å². The molecule has 0 aliphatic heterocycles. The minimum Gasteiger partial charge on any atom is -0.300 e. The van der Waals surface area contributed by atoms with Crippen molar-refractivity contribution < 1.29 is 0 Å². The molecule has 0 aliphatic rings. The topological polar surface area (TPSA) is 16.1 Å². The van der Waals surface area contributed by atoms with Crippen LogP contribution in [-0.4, -0.2) is 4.98 Å². The van der Waals surface area contributed by atoms with Gasteiger partial charge in [0.2, 0.25) is 0 Å². The lowest BCUT2D eigenvalue weighted by molar-refractivity contribution is 1.21. The normalized spacial score (nSPS) is 10.6. The van der Waals surface area contributed by atoms with Crippen LogP contribution in [0.2, 0.25) is 0 Å². The van der Waals surface area contributed by atoms with Crippen LogP contribution < -0.4 is 4.90 Å². The average Bonchev–Trinajstić information content (AvgIpc) is 3.06. The van der Waals surface area contributed by atoms with E-state index in [9.17, 15) is 0 Å². The van der Waals surface area contributed by atoms with E-state index < -0.39 is 0 Å². The van der Waals surface area contributed by atoms with Gasteiger partial charge in [0.15, 0.2) is 0 Å². The van der Waals surface area contributed by atoms with Crippen LogP contribution in [0.5, 0.6) is 0 Å². The highest BCUT2D eigenvalue weighted by Crippen LogP contribution is 2.42. The molecule has 4 rings (SSSR count). The first-order chi connectivity index (χ1) is 12.3. The van der Waals surface area contributed by atoms with Crippen molar-refractivity contribution in [1.82, 2.24) is 4.98 Å². The molecule has 1 heterocycles. The monoisotopic (exact) mass is 342 g/mol. The molecule has 0 amide bonds. The fourth-order valence-electron chi connectivity index (χ4n) is 2.84. The molecule has 3 aromatic carbocycles. The van der Waals surface area contributed by atoms with E-state index >= 15 is 0 Å². The fraction of sp³-hybridized carbons (Fsp3) is 0.0455. The first kappa shape index (κ1) is 15.6. The second kappa shape index (κ2) is 6.91. The summed E-state index contributed by atoms with van der Waals surface area (Å²) in [5.74, 6) is 0. The predicted molar refractivity (Wildman–Crippen MR) is 107 cm³/mol. The molecule has 25 heavy (non-hydrogen) atoms. The van der Waals surface area contributed by atoms with Crippen LogP contribution >= 0.6 is 11.3 Å². The van der Waals surface area contributed by atoms with Gasteiger partial charge in [0.25, 0.3) is 0 Å². The van der Waals surface area contributed by atoms with Gasteiger partial charge in [-0.15, -0.1) is 0 Å². The highest BCUT2D eigenvalue weighted by Gasteiger charge is 2.18. The number of para-hydroxylation sites is 2. The lowest BCUT2D eigenvalue weighted by atomic mass is 10.2. The van der Waals surface area contributed by atoms with Crippen LogP contribution in [0.1, 0.15) is 5.69 Å². The van der Waals surface area contributed by atoms with E-state index in [0.29, 0.717) is 0 Å². The van der Waals surface area contributed by atoms with Gasteiger partial charge in [0, 0.05) is 16.9 Å². The fourth-order valence-corrected chi connectivity index (χ4v) is 3.95. The standard InChI is InChI=1S/C22H18N2S/c1-17-22(25-21(23-17)18-11-5-2-6-12-18)24(19-13-7-3-8-14-19)20-15-9-4-10-16-20/h2-16H,1H3. The van der Waals surface area contributed by atoms with E-state index in [-0.39, 0.29) is 0 Å². The summed E-state index contributed by atoms with van der Waals surface area (Å²) in [6.45, 7) is 2.08. The van der Waals surface area contributed by atoms with Crippen molar-refractivity contribution in [3.05, 3.63) is 96.7 Å². The Kier molecular flexibility index (Phi) is 4.32. The van der Waals surface area contributed by atoms with Crippen molar-refractivity contribution in [2.24, 2.45) is 0 Å². The SMILES string of the molecule is Cc1nc(-c2ccccc2)sc1N(c1ccccc1)c1ccccc1. The Morgan fingerprint density at radius 1 is 0.680 bits per heavy atom. The van der Waals surface area contributed by atoms with Gasteiger partial charge in [-0.1, -0.05) is 78.1 Å². The van der Waals surface area contributed by atoms with E-state index in [1.54, 1.807) is 11.3 Å². The number of hydrogen-bond acceptors (Lipinski definition) is 3. The molecule has 122 valence electrons. The molecule has 0 saturated carbocycles. The molecule has 0 fully saturated rings. The van der Waals surface area contributed by atoms with Gasteiger partial charge in [0.1, 0.15) is 10.0 Å². The number of aryl methyl sites for hydroxylation is 1. The van der Waals surface area contributed by atoms with Crippen LogP contribution in [0.15, 0.2) is 91.0 Å². The summed E-state index contributed by atoms with van der Waals surface area (Å²) in [6, 6.07) is 31.3. The molecule has 0 aliphatic carbocycles. The molecule has 0 saturated heterocycles. The first-order valence-corrected chi connectivity index (χ1v) is 9.07.